The van der Waals surface area contributed by atoms with Crippen molar-refractivity contribution in [3.05, 3.63) is 64.0 Å². The van der Waals surface area contributed by atoms with Gasteiger partial charge in [0.2, 0.25) is 0 Å². The van der Waals surface area contributed by atoms with Crippen LogP contribution in [0.5, 0.6) is 5.75 Å². The Morgan fingerprint density at radius 2 is 2.04 bits per heavy atom. The summed E-state index contributed by atoms with van der Waals surface area (Å²) in [7, 11) is 0. The van der Waals surface area contributed by atoms with E-state index in [-0.39, 0.29) is 11.7 Å². The summed E-state index contributed by atoms with van der Waals surface area (Å²) in [5.74, 6) is -0.142. The summed E-state index contributed by atoms with van der Waals surface area (Å²) in [6.45, 7) is -2.90. The van der Waals surface area contributed by atoms with Crippen LogP contribution in [0.15, 0.2) is 47.1 Å². The molecule has 4 nitrogen and oxygen atoms in total. The van der Waals surface area contributed by atoms with E-state index in [0.717, 1.165) is 10.2 Å². The maximum Gasteiger partial charge on any atom is 0.387 e. The average molecular weight is 395 g/mol. The highest BCUT2D eigenvalue weighted by Crippen LogP contribution is 2.46. The second-order valence-electron chi connectivity index (χ2n) is 5.68. The van der Waals surface area contributed by atoms with E-state index in [9.17, 15) is 13.9 Å². The van der Waals surface area contributed by atoms with Gasteiger partial charge in [-0.25, -0.2) is 4.98 Å². The normalized spacial score (nSPS) is 19.9. The van der Waals surface area contributed by atoms with Crippen molar-refractivity contribution in [1.29, 1.82) is 0 Å². The third-order valence-electron chi connectivity index (χ3n) is 4.26. The average Bonchev–Trinajstić information content (AvgIpc) is 3.05. The minimum absolute atomic E-state index is 0.127. The molecule has 1 aliphatic rings. The van der Waals surface area contributed by atoms with E-state index in [4.69, 9.17) is 0 Å². The van der Waals surface area contributed by atoms with Crippen LogP contribution in [0, 0.1) is 0 Å². The lowest BCUT2D eigenvalue weighted by Crippen LogP contribution is -2.08. The Morgan fingerprint density at radius 1 is 1.25 bits per heavy atom. The van der Waals surface area contributed by atoms with Crippen molar-refractivity contribution < 1.29 is 18.6 Å². The third kappa shape index (κ3) is 2.48. The first kappa shape index (κ1) is 15.5. The number of benzene rings is 1. The molecule has 2 heterocycles. The van der Waals surface area contributed by atoms with Crippen LogP contribution in [0.3, 0.4) is 0 Å². The highest BCUT2D eigenvalue weighted by molar-refractivity contribution is 9.10. The molecule has 0 saturated heterocycles. The van der Waals surface area contributed by atoms with E-state index in [1.165, 1.54) is 6.07 Å². The van der Waals surface area contributed by atoms with Crippen LogP contribution in [-0.4, -0.2) is 21.1 Å². The fourth-order valence-electron chi connectivity index (χ4n) is 3.34. The van der Waals surface area contributed by atoms with Gasteiger partial charge in [-0.1, -0.05) is 18.2 Å². The maximum atomic E-state index is 12.7. The van der Waals surface area contributed by atoms with Gasteiger partial charge in [0, 0.05) is 22.2 Å². The fraction of sp³-hybridized carbons (Fsp3) is 0.235. The topological polar surface area (TPSA) is 46.8 Å². The lowest BCUT2D eigenvalue weighted by molar-refractivity contribution is -0.0505. The molecule has 124 valence electrons. The van der Waals surface area contributed by atoms with Crippen molar-refractivity contribution in [2.75, 3.05) is 0 Å². The molecule has 0 saturated carbocycles. The number of ether oxygens (including phenoxy) is 1. The van der Waals surface area contributed by atoms with Gasteiger partial charge in [0.1, 0.15) is 11.4 Å². The third-order valence-corrected chi connectivity index (χ3v) is 4.73. The number of rotatable bonds is 3. The molecule has 0 radical (unpaired) electrons. The molecule has 24 heavy (non-hydrogen) atoms. The number of hydrogen-bond acceptors (Lipinski definition) is 3. The molecule has 0 bridgehead atoms. The molecular formula is C17H13BrF2N2O2. The van der Waals surface area contributed by atoms with Crippen LogP contribution < -0.4 is 4.74 Å². The van der Waals surface area contributed by atoms with E-state index >= 15 is 0 Å². The number of para-hydroxylation sites is 1. The van der Waals surface area contributed by atoms with Gasteiger partial charge in [-0.2, -0.15) is 8.78 Å². The van der Waals surface area contributed by atoms with Crippen LogP contribution in [0.25, 0.3) is 5.65 Å². The van der Waals surface area contributed by atoms with E-state index in [0.29, 0.717) is 23.3 Å². The largest absolute Gasteiger partial charge is 0.435 e. The summed E-state index contributed by atoms with van der Waals surface area (Å²) in [6, 6.07) is 10.4. The number of aliphatic hydroxyl groups is 1. The Kier molecular flexibility index (Phi) is 3.77. The molecule has 1 unspecified atom stereocenters. The summed E-state index contributed by atoms with van der Waals surface area (Å²) in [5, 5.41) is 10.4. The van der Waals surface area contributed by atoms with Crippen LogP contribution in [0.2, 0.25) is 0 Å². The lowest BCUT2D eigenvalue weighted by Gasteiger charge is -2.17. The second kappa shape index (κ2) is 5.82. The molecule has 0 amide bonds. The molecule has 3 aromatic rings. The fourth-order valence-corrected chi connectivity index (χ4v) is 3.68. The number of fused-ring (bicyclic) bond motifs is 3. The van der Waals surface area contributed by atoms with Crippen molar-refractivity contribution in [3.8, 4) is 5.75 Å². The maximum absolute atomic E-state index is 12.7. The summed E-state index contributed by atoms with van der Waals surface area (Å²) in [4.78, 5) is 4.48. The first-order valence-corrected chi connectivity index (χ1v) is 8.23. The monoisotopic (exact) mass is 394 g/mol. The Balaban J connectivity index is 1.89. The van der Waals surface area contributed by atoms with Gasteiger partial charge in [0.25, 0.3) is 0 Å². The minimum Gasteiger partial charge on any atom is -0.435 e. The van der Waals surface area contributed by atoms with Gasteiger partial charge in [-0.05, 0) is 40.5 Å². The Bertz CT molecular complexity index is 913. The Morgan fingerprint density at radius 3 is 2.83 bits per heavy atom. The zero-order valence-electron chi connectivity index (χ0n) is 12.4. The van der Waals surface area contributed by atoms with Crippen LogP contribution >= 0.6 is 15.9 Å². The van der Waals surface area contributed by atoms with E-state index in [1.54, 1.807) is 18.2 Å². The Labute approximate surface area is 144 Å². The molecular weight excluding hydrogens is 382 g/mol. The van der Waals surface area contributed by atoms with E-state index in [2.05, 4.69) is 25.7 Å². The summed E-state index contributed by atoms with van der Waals surface area (Å²) in [6.07, 6.45) is 1.52. The van der Waals surface area contributed by atoms with Crippen LogP contribution in [0.4, 0.5) is 8.78 Å². The molecule has 2 atom stereocenters. The van der Waals surface area contributed by atoms with Gasteiger partial charge in [-0.3, -0.25) is 0 Å². The number of alkyl halides is 2. The quantitative estimate of drug-likeness (QED) is 0.721. The van der Waals surface area contributed by atoms with Crippen molar-refractivity contribution in [3.63, 3.8) is 0 Å². The zero-order chi connectivity index (χ0) is 16.8. The van der Waals surface area contributed by atoms with Gasteiger partial charge in [0.15, 0.2) is 0 Å². The van der Waals surface area contributed by atoms with Crippen LogP contribution in [0.1, 0.15) is 35.4 Å². The molecule has 1 aliphatic carbocycles. The molecule has 7 heteroatoms. The standard InChI is InChI=1S/C17H13BrF2N2O2/c18-9-5-6-14-21-15-12(23)7-11(16(15)22(14)8-9)10-3-1-2-4-13(10)24-17(19)20/h1-6,8,11-12,17,23H,7H2/t11?,12-/m1/s1. The van der Waals surface area contributed by atoms with E-state index in [1.807, 2.05) is 22.7 Å². The molecule has 4 rings (SSSR count). The highest BCUT2D eigenvalue weighted by Gasteiger charge is 2.37. The highest BCUT2D eigenvalue weighted by atomic mass is 79.9. The molecule has 0 spiro atoms. The molecule has 2 aromatic heterocycles. The lowest BCUT2D eigenvalue weighted by atomic mass is 9.95. The molecule has 0 fully saturated rings. The second-order valence-corrected chi connectivity index (χ2v) is 6.59. The van der Waals surface area contributed by atoms with E-state index < -0.39 is 12.7 Å². The number of imidazole rings is 1. The first-order chi connectivity index (χ1) is 11.5. The number of pyridine rings is 1. The van der Waals surface area contributed by atoms with Gasteiger partial charge >= 0.3 is 6.61 Å². The summed E-state index contributed by atoms with van der Waals surface area (Å²) < 4.78 is 32.8. The van der Waals surface area contributed by atoms with Gasteiger partial charge in [0.05, 0.1) is 17.5 Å². The summed E-state index contributed by atoms with van der Waals surface area (Å²) in [5.41, 5.74) is 2.73. The predicted octanol–water partition coefficient (Wildman–Crippen LogP) is 4.27. The molecule has 1 N–H and O–H groups in total. The predicted molar refractivity (Wildman–Crippen MR) is 87.4 cm³/mol. The molecule has 0 aliphatic heterocycles. The minimum atomic E-state index is -2.90. The van der Waals surface area contributed by atoms with Crippen molar-refractivity contribution >= 4 is 21.6 Å². The van der Waals surface area contributed by atoms with Gasteiger partial charge < -0.3 is 14.2 Å². The number of nitrogens with zero attached hydrogens (tertiary/aromatic N) is 2. The number of hydrogen-bond donors (Lipinski definition) is 1. The number of aromatic nitrogens is 2. The van der Waals surface area contributed by atoms with Crippen molar-refractivity contribution in [2.45, 2.75) is 25.1 Å². The van der Waals surface area contributed by atoms with Crippen molar-refractivity contribution in [2.24, 2.45) is 0 Å². The van der Waals surface area contributed by atoms with Crippen molar-refractivity contribution in [1.82, 2.24) is 9.38 Å². The Hall–Kier alpha value is -1.99. The van der Waals surface area contributed by atoms with Crippen LogP contribution in [-0.2, 0) is 0 Å². The number of halogens is 3. The molecule has 1 aromatic carbocycles. The first-order valence-electron chi connectivity index (χ1n) is 7.44. The number of aliphatic hydroxyl groups excluding tert-OH is 1. The van der Waals surface area contributed by atoms with Gasteiger partial charge in [-0.15, -0.1) is 0 Å². The summed E-state index contributed by atoms with van der Waals surface area (Å²) >= 11 is 3.43. The zero-order valence-corrected chi connectivity index (χ0v) is 14.0. The smallest absolute Gasteiger partial charge is 0.387 e. The SMILES string of the molecule is O[C@@H]1CC(c2ccccc2OC(F)F)c2c1nc1ccc(Br)cn21.